The minimum absolute atomic E-state index is 0.0239. The molecular formula is C21H38N4O. The van der Waals surface area contributed by atoms with Gasteiger partial charge in [0.15, 0.2) is 0 Å². The van der Waals surface area contributed by atoms with Crippen molar-refractivity contribution in [1.29, 1.82) is 0 Å². The first-order chi connectivity index (χ1) is 12.8. The van der Waals surface area contributed by atoms with E-state index in [0.717, 1.165) is 51.7 Å². The monoisotopic (exact) mass is 362 g/mol. The van der Waals surface area contributed by atoms with Crippen molar-refractivity contribution in [3.05, 3.63) is 12.2 Å². The maximum absolute atomic E-state index is 11.5. The first-order valence-corrected chi connectivity index (χ1v) is 10.5. The van der Waals surface area contributed by atoms with Gasteiger partial charge in [0.05, 0.1) is 6.54 Å². The first kappa shape index (κ1) is 22.4. The summed E-state index contributed by atoms with van der Waals surface area (Å²) >= 11 is 0. The fourth-order valence-corrected chi connectivity index (χ4v) is 2.86. The Kier molecular flexibility index (Phi) is 14.5. The predicted molar refractivity (Wildman–Crippen MR) is 112 cm³/mol. The van der Waals surface area contributed by atoms with Gasteiger partial charge in [-0.15, -0.1) is 0 Å². The van der Waals surface area contributed by atoms with Gasteiger partial charge >= 0.3 is 6.03 Å². The molecule has 0 unspecified atom stereocenters. The summed E-state index contributed by atoms with van der Waals surface area (Å²) in [5.74, 6) is 0. The van der Waals surface area contributed by atoms with E-state index in [1.54, 1.807) is 6.34 Å². The quantitative estimate of drug-likeness (QED) is 0.294. The Labute approximate surface area is 159 Å². The number of carbonyl (C=O) groups excluding carboxylic acids is 1. The van der Waals surface area contributed by atoms with Crippen LogP contribution in [0.2, 0.25) is 0 Å². The number of rotatable bonds is 16. The van der Waals surface area contributed by atoms with E-state index in [0.29, 0.717) is 0 Å². The summed E-state index contributed by atoms with van der Waals surface area (Å²) in [6.07, 6.45) is 20.4. The summed E-state index contributed by atoms with van der Waals surface area (Å²) < 4.78 is 0. The zero-order valence-electron chi connectivity index (χ0n) is 16.6. The normalized spacial score (nSPS) is 13.3. The highest BCUT2D eigenvalue weighted by Crippen LogP contribution is 2.08. The van der Waals surface area contributed by atoms with Crippen LogP contribution in [0, 0.1) is 0 Å². The molecule has 0 aliphatic carbocycles. The molecule has 2 amide bonds. The number of aliphatic imine (C=N–C) groups is 2. The van der Waals surface area contributed by atoms with Gasteiger partial charge in [0, 0.05) is 18.8 Å². The van der Waals surface area contributed by atoms with Gasteiger partial charge in [0.1, 0.15) is 6.34 Å². The molecule has 0 spiro atoms. The van der Waals surface area contributed by atoms with Crippen molar-refractivity contribution in [3.8, 4) is 0 Å². The SMILES string of the molecule is CCCCCNC(=O)NCCCC/C=C\CCCCCCC1=NC=NC1. The lowest BCUT2D eigenvalue weighted by atomic mass is 10.1. The highest BCUT2D eigenvalue weighted by Gasteiger charge is 2.01. The molecule has 5 heteroatoms. The third-order valence-corrected chi connectivity index (χ3v) is 4.50. The molecule has 0 aromatic carbocycles. The molecule has 0 fully saturated rings. The van der Waals surface area contributed by atoms with Crippen LogP contribution in [0.5, 0.6) is 0 Å². The minimum Gasteiger partial charge on any atom is -0.338 e. The van der Waals surface area contributed by atoms with Crippen LogP contribution in [0.4, 0.5) is 4.79 Å². The Balaban J connectivity index is 1.77. The van der Waals surface area contributed by atoms with E-state index in [4.69, 9.17) is 0 Å². The van der Waals surface area contributed by atoms with Crippen molar-refractivity contribution < 1.29 is 4.79 Å². The van der Waals surface area contributed by atoms with Crippen LogP contribution < -0.4 is 10.6 Å². The Morgan fingerprint density at radius 2 is 1.62 bits per heavy atom. The molecule has 0 saturated heterocycles. The third-order valence-electron chi connectivity index (χ3n) is 4.50. The molecule has 0 aromatic heterocycles. The first-order valence-electron chi connectivity index (χ1n) is 10.5. The number of amides is 2. The number of hydrogen-bond acceptors (Lipinski definition) is 3. The Bertz CT molecular complexity index is 443. The summed E-state index contributed by atoms with van der Waals surface area (Å²) in [6.45, 7) is 4.54. The van der Waals surface area contributed by atoms with Crippen molar-refractivity contribution in [2.24, 2.45) is 9.98 Å². The molecular weight excluding hydrogens is 324 g/mol. The van der Waals surface area contributed by atoms with E-state index >= 15 is 0 Å². The lowest BCUT2D eigenvalue weighted by Gasteiger charge is -2.06. The summed E-state index contributed by atoms with van der Waals surface area (Å²) in [4.78, 5) is 19.9. The largest absolute Gasteiger partial charge is 0.338 e. The van der Waals surface area contributed by atoms with Gasteiger partial charge < -0.3 is 10.6 Å². The fourth-order valence-electron chi connectivity index (χ4n) is 2.86. The third kappa shape index (κ3) is 13.6. The van der Waals surface area contributed by atoms with Gasteiger partial charge in [0.2, 0.25) is 0 Å². The molecule has 26 heavy (non-hydrogen) atoms. The van der Waals surface area contributed by atoms with Gasteiger partial charge in [-0.1, -0.05) is 44.8 Å². The number of carbonyl (C=O) groups is 1. The number of allylic oxidation sites excluding steroid dienone is 2. The standard InChI is InChI=1S/C21H38N4O/c1-2-3-13-16-23-21(26)24-17-14-11-9-7-5-4-6-8-10-12-15-20-18-22-19-25-20/h5,7,19H,2-4,6,8-18H2,1H3,(H2,23,24,26)/b7-5-. The number of hydrogen-bond donors (Lipinski definition) is 2. The average molecular weight is 363 g/mol. The molecule has 0 radical (unpaired) electrons. The molecule has 1 aliphatic rings. The molecule has 0 aromatic rings. The van der Waals surface area contributed by atoms with E-state index in [9.17, 15) is 4.79 Å². The van der Waals surface area contributed by atoms with Gasteiger partial charge in [-0.2, -0.15) is 0 Å². The smallest absolute Gasteiger partial charge is 0.314 e. The molecule has 0 bridgehead atoms. The maximum Gasteiger partial charge on any atom is 0.314 e. The summed E-state index contributed by atoms with van der Waals surface area (Å²) in [5, 5.41) is 5.82. The summed E-state index contributed by atoms with van der Waals surface area (Å²) in [7, 11) is 0. The number of urea groups is 1. The predicted octanol–water partition coefficient (Wildman–Crippen LogP) is 5.03. The van der Waals surface area contributed by atoms with Crippen LogP contribution >= 0.6 is 0 Å². The van der Waals surface area contributed by atoms with Crippen molar-refractivity contribution in [2.75, 3.05) is 19.6 Å². The molecule has 0 atom stereocenters. The zero-order chi connectivity index (χ0) is 18.7. The lowest BCUT2D eigenvalue weighted by Crippen LogP contribution is -2.36. The summed E-state index contributed by atoms with van der Waals surface area (Å²) in [6, 6.07) is -0.0239. The molecule has 5 nitrogen and oxygen atoms in total. The molecule has 148 valence electrons. The topological polar surface area (TPSA) is 65.8 Å². The van der Waals surface area contributed by atoms with Crippen molar-refractivity contribution in [2.45, 2.75) is 84.0 Å². The van der Waals surface area contributed by atoms with Gasteiger partial charge in [-0.05, 0) is 51.4 Å². The Hall–Kier alpha value is -1.65. The second-order valence-corrected chi connectivity index (χ2v) is 6.96. The summed E-state index contributed by atoms with van der Waals surface area (Å²) in [5.41, 5.74) is 1.24. The number of nitrogens with zero attached hydrogens (tertiary/aromatic N) is 2. The molecule has 1 aliphatic heterocycles. The van der Waals surface area contributed by atoms with E-state index in [-0.39, 0.29) is 6.03 Å². The molecule has 0 saturated carbocycles. The van der Waals surface area contributed by atoms with Crippen LogP contribution in [-0.4, -0.2) is 37.7 Å². The average Bonchev–Trinajstić information content (AvgIpc) is 3.16. The van der Waals surface area contributed by atoms with Crippen LogP contribution in [-0.2, 0) is 0 Å². The fraction of sp³-hybridized carbons (Fsp3) is 0.762. The second kappa shape index (κ2) is 16.8. The number of unbranched alkanes of at least 4 members (excludes halogenated alkanes) is 8. The Morgan fingerprint density at radius 3 is 2.27 bits per heavy atom. The molecule has 1 heterocycles. The van der Waals surface area contributed by atoms with E-state index in [1.165, 1.54) is 50.7 Å². The van der Waals surface area contributed by atoms with E-state index in [2.05, 4.69) is 39.7 Å². The van der Waals surface area contributed by atoms with E-state index < -0.39 is 0 Å². The molecule has 1 rings (SSSR count). The second-order valence-electron chi connectivity index (χ2n) is 6.96. The van der Waals surface area contributed by atoms with Crippen LogP contribution in [0.15, 0.2) is 22.1 Å². The minimum atomic E-state index is -0.0239. The van der Waals surface area contributed by atoms with E-state index in [1.807, 2.05) is 0 Å². The Morgan fingerprint density at radius 1 is 0.962 bits per heavy atom. The van der Waals surface area contributed by atoms with Gasteiger partial charge in [-0.25, -0.2) is 9.79 Å². The van der Waals surface area contributed by atoms with Gasteiger partial charge in [0.25, 0.3) is 0 Å². The lowest BCUT2D eigenvalue weighted by molar-refractivity contribution is 0.240. The number of nitrogens with one attached hydrogen (secondary N) is 2. The van der Waals surface area contributed by atoms with Crippen LogP contribution in [0.3, 0.4) is 0 Å². The van der Waals surface area contributed by atoms with Crippen molar-refractivity contribution in [3.63, 3.8) is 0 Å². The van der Waals surface area contributed by atoms with Crippen LogP contribution in [0.1, 0.15) is 84.0 Å². The van der Waals surface area contributed by atoms with Crippen LogP contribution in [0.25, 0.3) is 0 Å². The zero-order valence-corrected chi connectivity index (χ0v) is 16.6. The van der Waals surface area contributed by atoms with Gasteiger partial charge in [-0.3, -0.25) is 4.99 Å². The highest BCUT2D eigenvalue weighted by molar-refractivity contribution is 5.96. The van der Waals surface area contributed by atoms with Crippen molar-refractivity contribution >= 4 is 18.1 Å². The molecule has 2 N–H and O–H groups in total. The van der Waals surface area contributed by atoms with Crippen molar-refractivity contribution in [1.82, 2.24) is 10.6 Å². The maximum atomic E-state index is 11.5. The highest BCUT2D eigenvalue weighted by atomic mass is 16.2.